The number of carboxylic acid groups (broad SMARTS) is 1. The van der Waals surface area contributed by atoms with Crippen LogP contribution in [0.15, 0.2) is 24.3 Å². The van der Waals surface area contributed by atoms with E-state index in [1.54, 1.807) is 18.2 Å². The zero-order chi connectivity index (χ0) is 14.2. The monoisotopic (exact) mass is 277 g/mol. The van der Waals surface area contributed by atoms with Gasteiger partial charge in [-0.3, -0.25) is 4.90 Å². The molecule has 2 heterocycles. The highest BCUT2D eigenvalue weighted by Gasteiger charge is 2.48. The Labute approximate surface area is 117 Å². The van der Waals surface area contributed by atoms with Gasteiger partial charge in [-0.15, -0.1) is 0 Å². The SMILES string of the molecule is O=C(O)c1cccc(CN2C[C@H](O)[C@]3(CCCO3)C2)c1. The molecule has 1 aromatic rings. The quantitative estimate of drug-likeness (QED) is 0.866. The summed E-state index contributed by atoms with van der Waals surface area (Å²) in [6, 6.07) is 6.95. The van der Waals surface area contributed by atoms with Crippen molar-refractivity contribution in [3.8, 4) is 0 Å². The number of hydrogen-bond donors (Lipinski definition) is 2. The van der Waals surface area contributed by atoms with Crippen LogP contribution in [0.1, 0.15) is 28.8 Å². The zero-order valence-electron chi connectivity index (χ0n) is 11.3. The Morgan fingerprint density at radius 2 is 2.35 bits per heavy atom. The molecule has 2 aliphatic rings. The maximum absolute atomic E-state index is 11.0. The van der Waals surface area contributed by atoms with Gasteiger partial charge in [0.1, 0.15) is 5.60 Å². The van der Waals surface area contributed by atoms with E-state index in [4.69, 9.17) is 9.84 Å². The number of rotatable bonds is 3. The van der Waals surface area contributed by atoms with E-state index >= 15 is 0 Å². The van der Waals surface area contributed by atoms with Gasteiger partial charge in [0.05, 0.1) is 11.7 Å². The number of ether oxygens (including phenoxy) is 1. The van der Waals surface area contributed by atoms with Gasteiger partial charge in [0.2, 0.25) is 0 Å². The molecule has 0 bridgehead atoms. The summed E-state index contributed by atoms with van der Waals surface area (Å²) in [5.41, 5.74) is 0.853. The second-order valence-electron chi connectivity index (χ2n) is 5.71. The van der Waals surface area contributed by atoms with E-state index in [1.807, 2.05) is 6.07 Å². The average Bonchev–Trinajstić information content (AvgIpc) is 2.99. The standard InChI is InChI=1S/C15H19NO4/c17-13-9-16(10-15(13)5-2-6-20-15)8-11-3-1-4-12(7-11)14(18)19/h1,3-4,7,13,17H,2,5-6,8-10H2,(H,18,19)/t13-,15-/m0/s1. The molecular formula is C15H19NO4. The van der Waals surface area contributed by atoms with Crippen molar-refractivity contribution in [2.24, 2.45) is 0 Å². The minimum atomic E-state index is -0.913. The second-order valence-corrected chi connectivity index (χ2v) is 5.71. The molecule has 2 N–H and O–H groups in total. The van der Waals surface area contributed by atoms with Gasteiger partial charge >= 0.3 is 5.97 Å². The zero-order valence-corrected chi connectivity index (χ0v) is 11.3. The summed E-state index contributed by atoms with van der Waals surface area (Å²) in [6.45, 7) is 2.66. The van der Waals surface area contributed by atoms with Gasteiger partial charge in [-0.1, -0.05) is 12.1 Å². The molecule has 0 radical (unpaired) electrons. The average molecular weight is 277 g/mol. The number of carboxylic acids is 1. The van der Waals surface area contributed by atoms with Gasteiger partial charge < -0.3 is 14.9 Å². The molecule has 1 aromatic carbocycles. The number of likely N-dealkylation sites (tertiary alicyclic amines) is 1. The smallest absolute Gasteiger partial charge is 0.335 e. The Hall–Kier alpha value is -1.43. The van der Waals surface area contributed by atoms with Gasteiger partial charge in [-0.25, -0.2) is 4.79 Å². The molecule has 0 saturated carbocycles. The molecule has 0 aliphatic carbocycles. The minimum Gasteiger partial charge on any atom is -0.478 e. The molecule has 20 heavy (non-hydrogen) atoms. The van der Waals surface area contributed by atoms with Crippen LogP contribution in [-0.4, -0.2) is 52.5 Å². The highest BCUT2D eigenvalue weighted by atomic mass is 16.5. The van der Waals surface area contributed by atoms with E-state index in [9.17, 15) is 9.90 Å². The number of aliphatic hydroxyl groups excluding tert-OH is 1. The summed E-state index contributed by atoms with van der Waals surface area (Å²) in [6.07, 6.45) is 1.45. The molecule has 2 saturated heterocycles. The Morgan fingerprint density at radius 1 is 1.50 bits per heavy atom. The summed E-state index contributed by atoms with van der Waals surface area (Å²) in [5, 5.41) is 19.2. The van der Waals surface area contributed by atoms with Crippen molar-refractivity contribution in [3.63, 3.8) is 0 Å². The first-order valence-electron chi connectivity index (χ1n) is 6.96. The Bertz CT molecular complexity index is 510. The Kier molecular flexibility index (Phi) is 3.50. The summed E-state index contributed by atoms with van der Waals surface area (Å²) < 4.78 is 5.76. The van der Waals surface area contributed by atoms with E-state index in [0.29, 0.717) is 25.2 Å². The fourth-order valence-corrected chi connectivity index (χ4v) is 3.25. The number of aliphatic hydroxyl groups is 1. The maximum atomic E-state index is 11.0. The second kappa shape index (κ2) is 5.16. The number of aromatic carboxylic acids is 1. The Balaban J connectivity index is 1.70. The van der Waals surface area contributed by atoms with E-state index in [-0.39, 0.29) is 0 Å². The van der Waals surface area contributed by atoms with Crippen molar-refractivity contribution in [1.82, 2.24) is 4.90 Å². The van der Waals surface area contributed by atoms with Crippen LogP contribution >= 0.6 is 0 Å². The lowest BCUT2D eigenvalue weighted by molar-refractivity contribution is -0.0593. The first-order valence-corrected chi connectivity index (χ1v) is 6.96. The fourth-order valence-electron chi connectivity index (χ4n) is 3.25. The van der Waals surface area contributed by atoms with Crippen LogP contribution in [-0.2, 0) is 11.3 Å². The van der Waals surface area contributed by atoms with Crippen LogP contribution in [0, 0.1) is 0 Å². The summed E-state index contributed by atoms with van der Waals surface area (Å²) in [5.74, 6) is -0.913. The van der Waals surface area contributed by atoms with Gasteiger partial charge in [-0.05, 0) is 30.5 Å². The molecule has 108 valence electrons. The molecule has 3 rings (SSSR count). The predicted octanol–water partition coefficient (Wildman–Crippen LogP) is 1.11. The third-order valence-corrected chi connectivity index (χ3v) is 4.24. The van der Waals surface area contributed by atoms with Crippen molar-refractivity contribution in [1.29, 1.82) is 0 Å². The molecule has 2 aliphatic heterocycles. The summed E-state index contributed by atoms with van der Waals surface area (Å²) >= 11 is 0. The molecule has 1 spiro atoms. The van der Waals surface area contributed by atoms with Crippen LogP contribution < -0.4 is 0 Å². The number of benzene rings is 1. The highest BCUT2D eigenvalue weighted by molar-refractivity contribution is 5.87. The van der Waals surface area contributed by atoms with Crippen molar-refractivity contribution in [2.75, 3.05) is 19.7 Å². The number of nitrogens with zero attached hydrogens (tertiary/aromatic N) is 1. The minimum absolute atomic E-state index is 0.300. The number of carbonyl (C=O) groups is 1. The lowest BCUT2D eigenvalue weighted by Gasteiger charge is -2.25. The van der Waals surface area contributed by atoms with Crippen molar-refractivity contribution in [2.45, 2.75) is 31.1 Å². The van der Waals surface area contributed by atoms with Crippen LogP contribution in [0.2, 0.25) is 0 Å². The highest BCUT2D eigenvalue weighted by Crippen LogP contribution is 2.35. The van der Waals surface area contributed by atoms with Gasteiger partial charge in [0.15, 0.2) is 0 Å². The summed E-state index contributed by atoms with van der Waals surface area (Å²) in [4.78, 5) is 13.1. The molecule has 2 fully saturated rings. The molecule has 0 amide bonds. The molecule has 0 unspecified atom stereocenters. The molecular weight excluding hydrogens is 258 g/mol. The lowest BCUT2D eigenvalue weighted by Crippen LogP contribution is -2.40. The maximum Gasteiger partial charge on any atom is 0.335 e. The Morgan fingerprint density at radius 3 is 3.05 bits per heavy atom. The third kappa shape index (κ3) is 2.44. The van der Waals surface area contributed by atoms with Crippen LogP contribution in [0.4, 0.5) is 0 Å². The van der Waals surface area contributed by atoms with Crippen molar-refractivity contribution in [3.05, 3.63) is 35.4 Å². The molecule has 0 aromatic heterocycles. The largest absolute Gasteiger partial charge is 0.478 e. The van der Waals surface area contributed by atoms with Crippen molar-refractivity contribution < 1.29 is 19.7 Å². The normalized spacial score (nSPS) is 30.1. The number of hydrogen-bond acceptors (Lipinski definition) is 4. The van der Waals surface area contributed by atoms with Crippen molar-refractivity contribution >= 4 is 5.97 Å². The topological polar surface area (TPSA) is 70.0 Å². The van der Waals surface area contributed by atoms with Gasteiger partial charge in [-0.2, -0.15) is 0 Å². The molecule has 5 nitrogen and oxygen atoms in total. The lowest BCUT2D eigenvalue weighted by atomic mass is 9.97. The summed E-state index contributed by atoms with van der Waals surface area (Å²) in [7, 11) is 0. The van der Waals surface area contributed by atoms with Gasteiger partial charge in [0, 0.05) is 26.2 Å². The number of β-amino-alcohol motifs (C(OH)–C–C–N with tert-alkyl or cyclic N) is 1. The van der Waals surface area contributed by atoms with Crippen LogP contribution in [0.25, 0.3) is 0 Å². The van der Waals surface area contributed by atoms with E-state index in [1.165, 1.54) is 0 Å². The molecule has 5 heteroatoms. The first kappa shape index (κ1) is 13.5. The fraction of sp³-hybridized carbons (Fsp3) is 0.533. The predicted molar refractivity (Wildman–Crippen MR) is 72.6 cm³/mol. The third-order valence-electron chi connectivity index (χ3n) is 4.24. The van der Waals surface area contributed by atoms with Gasteiger partial charge in [0.25, 0.3) is 0 Å². The molecule has 2 atom stereocenters. The van der Waals surface area contributed by atoms with E-state index in [0.717, 1.165) is 25.0 Å². The van der Waals surface area contributed by atoms with Crippen LogP contribution in [0.5, 0.6) is 0 Å². The first-order chi connectivity index (χ1) is 9.59. The van der Waals surface area contributed by atoms with E-state index in [2.05, 4.69) is 4.90 Å². The van der Waals surface area contributed by atoms with Crippen LogP contribution in [0.3, 0.4) is 0 Å². The van der Waals surface area contributed by atoms with E-state index < -0.39 is 17.7 Å².